The van der Waals surface area contributed by atoms with Crippen LogP contribution in [0.25, 0.3) is 10.9 Å². The molecule has 6 nitrogen and oxygen atoms in total. The van der Waals surface area contributed by atoms with Crippen LogP contribution in [0.2, 0.25) is 0 Å². The third-order valence-electron chi connectivity index (χ3n) is 7.24. The van der Waals surface area contributed by atoms with Gasteiger partial charge in [0.15, 0.2) is 0 Å². The van der Waals surface area contributed by atoms with E-state index in [0.29, 0.717) is 11.7 Å². The molecule has 1 aliphatic carbocycles. The molecule has 29 heavy (non-hydrogen) atoms. The van der Waals surface area contributed by atoms with Crippen LogP contribution in [0.4, 0.5) is 5.69 Å². The number of aromatic hydroxyl groups is 1. The number of phenolic OH excluding ortho intramolecular Hbond substituents is 1. The molecule has 2 atom stereocenters. The van der Waals surface area contributed by atoms with Crippen molar-refractivity contribution in [2.45, 2.75) is 24.7 Å². The standard InChI is InChI=1S/C23H25N3O3/c1-24-9-8-23(15-4-3-5-18(27)10-15)13-22-19(11-16(23)14-24)20-12-17(26(28)29)6-7-21(20)25(22)2/h3-7,10,12,16,27H,8-9,11,13-14H2,1-2H3. The zero-order chi connectivity index (χ0) is 20.3. The molecule has 0 spiro atoms. The van der Waals surface area contributed by atoms with E-state index in [1.165, 1.54) is 16.8 Å². The van der Waals surface area contributed by atoms with Crippen molar-refractivity contribution < 1.29 is 10.0 Å². The average Bonchev–Trinajstić information content (AvgIpc) is 2.97. The number of hydrogen-bond acceptors (Lipinski definition) is 4. The van der Waals surface area contributed by atoms with Gasteiger partial charge in [-0.25, -0.2) is 0 Å². The molecule has 1 aromatic heterocycles. The van der Waals surface area contributed by atoms with E-state index in [9.17, 15) is 15.2 Å². The second-order valence-corrected chi connectivity index (χ2v) is 8.74. The normalized spacial score (nSPS) is 24.3. The van der Waals surface area contributed by atoms with Gasteiger partial charge in [-0.2, -0.15) is 0 Å². The van der Waals surface area contributed by atoms with Crippen molar-refractivity contribution in [3.63, 3.8) is 0 Å². The van der Waals surface area contributed by atoms with Crippen molar-refractivity contribution in [3.8, 4) is 5.75 Å². The number of phenols is 1. The summed E-state index contributed by atoms with van der Waals surface area (Å²) in [5.41, 5.74) is 4.91. The van der Waals surface area contributed by atoms with Gasteiger partial charge in [0.1, 0.15) is 5.75 Å². The third-order valence-corrected chi connectivity index (χ3v) is 7.24. The zero-order valence-corrected chi connectivity index (χ0v) is 16.8. The van der Waals surface area contributed by atoms with Crippen molar-refractivity contribution in [1.82, 2.24) is 9.47 Å². The fourth-order valence-corrected chi connectivity index (χ4v) is 5.70. The van der Waals surface area contributed by atoms with E-state index in [4.69, 9.17) is 0 Å². The van der Waals surface area contributed by atoms with Crippen molar-refractivity contribution in [2.75, 3.05) is 20.1 Å². The predicted molar refractivity (Wildman–Crippen MR) is 112 cm³/mol. The number of likely N-dealkylation sites (tertiary alicyclic amines) is 1. The van der Waals surface area contributed by atoms with E-state index in [0.717, 1.165) is 43.3 Å². The van der Waals surface area contributed by atoms with Crippen LogP contribution in [0, 0.1) is 16.0 Å². The van der Waals surface area contributed by atoms with Gasteiger partial charge in [0, 0.05) is 47.7 Å². The Morgan fingerprint density at radius 1 is 1.21 bits per heavy atom. The highest BCUT2D eigenvalue weighted by Crippen LogP contribution is 2.50. The smallest absolute Gasteiger partial charge is 0.270 e. The minimum atomic E-state index is -0.312. The molecule has 1 saturated heterocycles. The van der Waals surface area contributed by atoms with Crippen LogP contribution >= 0.6 is 0 Å². The SMILES string of the molecule is CN1CCC2(c3cccc(O)c3)Cc3c(c4cc([N+](=O)[O-])ccc4n3C)CC2C1. The fourth-order valence-electron chi connectivity index (χ4n) is 5.70. The van der Waals surface area contributed by atoms with Gasteiger partial charge < -0.3 is 14.6 Å². The number of nitro groups is 1. The molecule has 2 aliphatic rings. The molecule has 1 N–H and O–H groups in total. The summed E-state index contributed by atoms with van der Waals surface area (Å²) in [6, 6.07) is 13.0. The molecule has 5 rings (SSSR count). The first-order valence-electron chi connectivity index (χ1n) is 10.1. The van der Waals surface area contributed by atoms with Gasteiger partial charge in [-0.1, -0.05) is 12.1 Å². The van der Waals surface area contributed by atoms with Gasteiger partial charge in [0.05, 0.1) is 4.92 Å². The third kappa shape index (κ3) is 2.66. The van der Waals surface area contributed by atoms with Gasteiger partial charge in [-0.05, 0) is 68.1 Å². The van der Waals surface area contributed by atoms with E-state index < -0.39 is 0 Å². The van der Waals surface area contributed by atoms with E-state index in [1.54, 1.807) is 18.2 Å². The largest absolute Gasteiger partial charge is 0.508 e. The maximum Gasteiger partial charge on any atom is 0.270 e. The zero-order valence-electron chi connectivity index (χ0n) is 16.8. The van der Waals surface area contributed by atoms with Crippen molar-refractivity contribution >= 4 is 16.6 Å². The second kappa shape index (κ2) is 6.32. The summed E-state index contributed by atoms with van der Waals surface area (Å²) < 4.78 is 2.22. The number of piperidine rings is 1. The number of aryl methyl sites for hydroxylation is 1. The Morgan fingerprint density at radius 3 is 2.79 bits per heavy atom. The van der Waals surface area contributed by atoms with Crippen LogP contribution in [-0.2, 0) is 25.3 Å². The first kappa shape index (κ1) is 18.2. The lowest BCUT2D eigenvalue weighted by Crippen LogP contribution is -2.52. The number of aromatic nitrogens is 1. The fraction of sp³-hybridized carbons (Fsp3) is 0.391. The van der Waals surface area contributed by atoms with Crippen molar-refractivity contribution in [2.24, 2.45) is 13.0 Å². The van der Waals surface area contributed by atoms with Crippen LogP contribution in [0.5, 0.6) is 5.75 Å². The average molecular weight is 391 g/mol. The number of benzene rings is 2. The molecule has 0 bridgehead atoms. The lowest BCUT2D eigenvalue weighted by Gasteiger charge is -2.50. The molecule has 0 amide bonds. The van der Waals surface area contributed by atoms with Crippen LogP contribution in [0.3, 0.4) is 0 Å². The van der Waals surface area contributed by atoms with Crippen LogP contribution < -0.4 is 0 Å². The van der Waals surface area contributed by atoms with Gasteiger partial charge in [-0.3, -0.25) is 10.1 Å². The number of non-ortho nitro benzene ring substituents is 1. The maximum atomic E-state index is 11.3. The summed E-state index contributed by atoms with van der Waals surface area (Å²) in [4.78, 5) is 13.4. The van der Waals surface area contributed by atoms with Crippen LogP contribution in [0.15, 0.2) is 42.5 Å². The highest BCUT2D eigenvalue weighted by molar-refractivity contribution is 5.88. The highest BCUT2D eigenvalue weighted by atomic mass is 16.6. The predicted octanol–water partition coefficient (Wildman–Crippen LogP) is 3.78. The number of nitrogens with zero attached hydrogens (tertiary/aromatic N) is 3. The minimum Gasteiger partial charge on any atom is -0.508 e. The summed E-state index contributed by atoms with van der Waals surface area (Å²) in [6.07, 6.45) is 2.83. The first-order valence-corrected chi connectivity index (χ1v) is 10.1. The van der Waals surface area contributed by atoms with Gasteiger partial charge in [-0.15, -0.1) is 0 Å². The Balaban J connectivity index is 1.71. The molecule has 2 aromatic carbocycles. The molecule has 2 heterocycles. The Morgan fingerprint density at radius 2 is 2.03 bits per heavy atom. The minimum absolute atomic E-state index is 0.0215. The molecule has 1 aliphatic heterocycles. The molecular weight excluding hydrogens is 366 g/mol. The molecule has 3 aromatic rings. The molecule has 150 valence electrons. The lowest BCUT2D eigenvalue weighted by atomic mass is 9.59. The number of hydrogen-bond donors (Lipinski definition) is 1. The summed E-state index contributed by atoms with van der Waals surface area (Å²) in [5.74, 6) is 0.716. The maximum absolute atomic E-state index is 11.3. The van der Waals surface area contributed by atoms with Crippen LogP contribution in [-0.4, -0.2) is 39.6 Å². The van der Waals surface area contributed by atoms with Gasteiger partial charge in [0.2, 0.25) is 0 Å². The molecule has 0 radical (unpaired) electrons. The topological polar surface area (TPSA) is 71.5 Å². The number of nitro benzene ring substituents is 1. The molecule has 2 unspecified atom stereocenters. The molecule has 6 heteroatoms. The Bertz CT molecular complexity index is 1140. The molecule has 0 saturated carbocycles. The summed E-state index contributed by atoms with van der Waals surface area (Å²) in [7, 11) is 4.23. The van der Waals surface area contributed by atoms with E-state index in [2.05, 4.69) is 29.6 Å². The monoisotopic (exact) mass is 391 g/mol. The van der Waals surface area contributed by atoms with Crippen molar-refractivity contribution in [3.05, 3.63) is 69.4 Å². The quantitative estimate of drug-likeness (QED) is 0.533. The second-order valence-electron chi connectivity index (χ2n) is 8.74. The van der Waals surface area contributed by atoms with E-state index in [-0.39, 0.29) is 16.0 Å². The Hall–Kier alpha value is -2.86. The van der Waals surface area contributed by atoms with Gasteiger partial charge >= 0.3 is 0 Å². The molecular formula is C23H25N3O3. The van der Waals surface area contributed by atoms with Crippen molar-refractivity contribution in [1.29, 1.82) is 0 Å². The summed E-state index contributed by atoms with van der Waals surface area (Å²) in [5, 5.41) is 22.5. The summed E-state index contributed by atoms with van der Waals surface area (Å²) in [6.45, 7) is 2.01. The van der Waals surface area contributed by atoms with E-state index >= 15 is 0 Å². The Kier molecular flexibility index (Phi) is 3.96. The lowest BCUT2D eigenvalue weighted by molar-refractivity contribution is -0.384. The Labute approximate surface area is 169 Å². The van der Waals surface area contributed by atoms with E-state index in [1.807, 2.05) is 18.2 Å². The number of rotatable bonds is 2. The molecule has 1 fully saturated rings. The summed E-state index contributed by atoms with van der Waals surface area (Å²) >= 11 is 0. The van der Waals surface area contributed by atoms with Crippen LogP contribution in [0.1, 0.15) is 23.2 Å². The number of fused-ring (bicyclic) bond motifs is 4. The first-order chi connectivity index (χ1) is 13.9. The van der Waals surface area contributed by atoms with Gasteiger partial charge in [0.25, 0.3) is 5.69 Å². The highest BCUT2D eigenvalue weighted by Gasteiger charge is 2.48.